The summed E-state index contributed by atoms with van der Waals surface area (Å²) in [4.78, 5) is 38.8. The van der Waals surface area contributed by atoms with Crippen molar-refractivity contribution in [1.82, 2.24) is 15.2 Å². The highest BCUT2D eigenvalue weighted by molar-refractivity contribution is 6.01. The summed E-state index contributed by atoms with van der Waals surface area (Å²) in [6, 6.07) is 1.23. The number of amides is 2. The first kappa shape index (κ1) is 11.4. The summed E-state index contributed by atoms with van der Waals surface area (Å²) in [5, 5.41) is 2.64. The van der Waals surface area contributed by atoms with Crippen LogP contribution in [0.25, 0.3) is 0 Å². The van der Waals surface area contributed by atoms with Crippen LogP contribution in [-0.4, -0.2) is 42.3 Å². The lowest BCUT2D eigenvalue weighted by atomic mass is 9.98. The molecule has 2 amide bonds. The molecule has 6 nitrogen and oxygen atoms in total. The van der Waals surface area contributed by atoms with Gasteiger partial charge in [-0.1, -0.05) is 0 Å². The van der Waals surface area contributed by atoms with Crippen LogP contribution in [0, 0.1) is 0 Å². The Kier molecular flexibility index (Phi) is 2.71. The summed E-state index contributed by atoms with van der Waals surface area (Å²) >= 11 is 0. The Labute approximate surface area is 97.6 Å². The van der Waals surface area contributed by atoms with Gasteiger partial charge in [-0.2, -0.15) is 0 Å². The third-order valence-electron chi connectivity index (χ3n) is 2.68. The highest BCUT2D eigenvalue weighted by Crippen LogP contribution is 2.15. The molecule has 0 bridgehead atoms. The summed E-state index contributed by atoms with van der Waals surface area (Å²) in [5.41, 5.74) is 0.690. The minimum Gasteiger partial charge on any atom is -0.352 e. The smallest absolute Gasteiger partial charge is 0.270 e. The molecular formula is C11H13N3O3. The minimum atomic E-state index is -0.439. The van der Waals surface area contributed by atoms with Gasteiger partial charge in [0.2, 0.25) is 5.56 Å². The number of rotatable bonds is 1. The molecule has 0 saturated carbocycles. The van der Waals surface area contributed by atoms with Gasteiger partial charge in [0.05, 0.1) is 5.56 Å². The van der Waals surface area contributed by atoms with E-state index in [4.69, 9.17) is 0 Å². The first-order chi connectivity index (χ1) is 8.00. The highest BCUT2D eigenvalue weighted by atomic mass is 16.2. The molecule has 2 rings (SSSR count). The number of carbonyl (C=O) groups excluding carboxylic acids is 2. The minimum absolute atomic E-state index is 0.215. The van der Waals surface area contributed by atoms with E-state index >= 15 is 0 Å². The number of pyridine rings is 1. The van der Waals surface area contributed by atoms with Crippen LogP contribution < -0.4 is 10.9 Å². The predicted octanol–water partition coefficient (Wildman–Crippen LogP) is -0.637. The number of carbonyl (C=O) groups is 2. The SMILES string of the molecule is CN(C)C(=O)c1[nH]c(=O)cc2c1CCNC2=O. The maximum absolute atomic E-state index is 11.9. The highest BCUT2D eigenvalue weighted by Gasteiger charge is 2.24. The molecule has 0 aromatic carbocycles. The molecule has 1 aliphatic heterocycles. The van der Waals surface area contributed by atoms with Crippen LogP contribution in [0.3, 0.4) is 0 Å². The Morgan fingerprint density at radius 3 is 2.71 bits per heavy atom. The first-order valence-electron chi connectivity index (χ1n) is 5.26. The predicted molar refractivity (Wildman–Crippen MR) is 61.1 cm³/mol. The summed E-state index contributed by atoms with van der Waals surface area (Å²) in [6.07, 6.45) is 0.548. The second kappa shape index (κ2) is 4.04. The van der Waals surface area contributed by atoms with E-state index in [1.54, 1.807) is 14.1 Å². The molecule has 1 aromatic heterocycles. The van der Waals surface area contributed by atoms with E-state index < -0.39 is 5.56 Å². The van der Waals surface area contributed by atoms with E-state index in [2.05, 4.69) is 10.3 Å². The van der Waals surface area contributed by atoms with Gasteiger partial charge in [-0.15, -0.1) is 0 Å². The van der Waals surface area contributed by atoms with Gasteiger partial charge in [-0.3, -0.25) is 14.4 Å². The molecule has 6 heteroatoms. The number of H-pyrrole nitrogens is 1. The number of nitrogens with one attached hydrogen (secondary N) is 2. The van der Waals surface area contributed by atoms with E-state index in [1.165, 1.54) is 11.0 Å². The van der Waals surface area contributed by atoms with Gasteiger partial charge in [0, 0.05) is 26.7 Å². The molecule has 0 aliphatic carbocycles. The van der Waals surface area contributed by atoms with Gasteiger partial charge in [-0.25, -0.2) is 0 Å². The van der Waals surface area contributed by atoms with Gasteiger partial charge in [-0.05, 0) is 12.0 Å². The Bertz CT molecular complexity index is 545. The lowest BCUT2D eigenvalue weighted by molar-refractivity contribution is 0.0820. The number of aromatic nitrogens is 1. The van der Waals surface area contributed by atoms with Crippen molar-refractivity contribution in [2.45, 2.75) is 6.42 Å². The largest absolute Gasteiger partial charge is 0.352 e. The molecule has 2 heterocycles. The zero-order chi connectivity index (χ0) is 12.6. The van der Waals surface area contributed by atoms with E-state index in [0.29, 0.717) is 24.1 Å². The molecule has 0 fully saturated rings. The molecule has 0 radical (unpaired) electrons. The fourth-order valence-corrected chi connectivity index (χ4v) is 1.85. The second-order valence-electron chi connectivity index (χ2n) is 4.11. The number of fused-ring (bicyclic) bond motifs is 1. The second-order valence-corrected chi connectivity index (χ2v) is 4.11. The quantitative estimate of drug-likeness (QED) is 0.679. The van der Waals surface area contributed by atoms with Crippen LogP contribution in [0.15, 0.2) is 10.9 Å². The van der Waals surface area contributed by atoms with Crippen molar-refractivity contribution in [3.63, 3.8) is 0 Å². The van der Waals surface area contributed by atoms with Gasteiger partial charge in [0.15, 0.2) is 0 Å². The number of aromatic amines is 1. The fourth-order valence-electron chi connectivity index (χ4n) is 1.85. The molecule has 0 saturated heterocycles. The van der Waals surface area contributed by atoms with Crippen molar-refractivity contribution in [3.05, 3.63) is 33.2 Å². The zero-order valence-electron chi connectivity index (χ0n) is 9.66. The van der Waals surface area contributed by atoms with Crippen molar-refractivity contribution in [3.8, 4) is 0 Å². The van der Waals surface area contributed by atoms with Crippen molar-refractivity contribution < 1.29 is 9.59 Å². The summed E-state index contributed by atoms with van der Waals surface area (Å²) < 4.78 is 0. The zero-order valence-corrected chi connectivity index (χ0v) is 9.66. The topological polar surface area (TPSA) is 82.3 Å². The van der Waals surface area contributed by atoms with Crippen LogP contribution in [0.5, 0.6) is 0 Å². The van der Waals surface area contributed by atoms with Gasteiger partial charge in [0.25, 0.3) is 11.8 Å². The first-order valence-corrected chi connectivity index (χ1v) is 5.26. The summed E-state index contributed by atoms with van der Waals surface area (Å²) in [7, 11) is 3.20. The number of hydrogen-bond acceptors (Lipinski definition) is 3. The molecule has 2 N–H and O–H groups in total. The number of hydrogen-bond donors (Lipinski definition) is 2. The van der Waals surface area contributed by atoms with Gasteiger partial charge >= 0.3 is 0 Å². The summed E-state index contributed by atoms with van der Waals surface area (Å²) in [5.74, 6) is -0.598. The Hall–Kier alpha value is -2.11. The molecule has 0 atom stereocenters. The maximum atomic E-state index is 11.9. The van der Waals surface area contributed by atoms with Crippen molar-refractivity contribution in [1.29, 1.82) is 0 Å². The van der Waals surface area contributed by atoms with Gasteiger partial charge in [0.1, 0.15) is 5.69 Å². The molecule has 1 aromatic rings. The lowest BCUT2D eigenvalue weighted by Gasteiger charge is -2.20. The summed E-state index contributed by atoms with van der Waals surface area (Å²) in [6.45, 7) is 0.478. The average Bonchev–Trinajstić information content (AvgIpc) is 2.28. The van der Waals surface area contributed by atoms with Crippen LogP contribution >= 0.6 is 0 Å². The third-order valence-corrected chi connectivity index (χ3v) is 2.68. The Morgan fingerprint density at radius 1 is 1.35 bits per heavy atom. The molecule has 0 spiro atoms. The number of nitrogens with zero attached hydrogens (tertiary/aromatic N) is 1. The maximum Gasteiger partial charge on any atom is 0.270 e. The van der Waals surface area contributed by atoms with Crippen molar-refractivity contribution in [2.75, 3.05) is 20.6 Å². The van der Waals surface area contributed by atoms with Crippen LogP contribution in [-0.2, 0) is 6.42 Å². The average molecular weight is 235 g/mol. The van der Waals surface area contributed by atoms with Crippen LogP contribution in [0.4, 0.5) is 0 Å². The Balaban J connectivity index is 2.64. The van der Waals surface area contributed by atoms with Crippen LogP contribution in [0.1, 0.15) is 26.4 Å². The standard InChI is InChI=1S/C11H13N3O3/c1-14(2)11(17)9-6-3-4-12-10(16)7(6)5-8(15)13-9/h5H,3-4H2,1-2H3,(H,12,16)(H,13,15). The fraction of sp³-hybridized carbons (Fsp3) is 0.364. The van der Waals surface area contributed by atoms with Crippen LogP contribution in [0.2, 0.25) is 0 Å². The van der Waals surface area contributed by atoms with Crippen molar-refractivity contribution >= 4 is 11.8 Å². The lowest BCUT2D eigenvalue weighted by Crippen LogP contribution is -2.37. The van der Waals surface area contributed by atoms with E-state index in [-0.39, 0.29) is 17.5 Å². The monoisotopic (exact) mass is 235 g/mol. The molecule has 17 heavy (non-hydrogen) atoms. The molecular weight excluding hydrogens is 222 g/mol. The van der Waals surface area contributed by atoms with Gasteiger partial charge < -0.3 is 15.2 Å². The van der Waals surface area contributed by atoms with Crippen molar-refractivity contribution in [2.24, 2.45) is 0 Å². The Morgan fingerprint density at radius 2 is 2.06 bits per heavy atom. The normalized spacial score (nSPS) is 13.9. The molecule has 1 aliphatic rings. The molecule has 0 unspecified atom stereocenters. The molecule has 90 valence electrons. The van der Waals surface area contributed by atoms with E-state index in [9.17, 15) is 14.4 Å². The van der Waals surface area contributed by atoms with E-state index in [1.807, 2.05) is 0 Å². The van der Waals surface area contributed by atoms with E-state index in [0.717, 1.165) is 0 Å². The third kappa shape index (κ3) is 1.93.